The lowest BCUT2D eigenvalue weighted by atomic mass is 10.1. The van der Waals surface area contributed by atoms with E-state index in [-0.39, 0.29) is 11.7 Å². The van der Waals surface area contributed by atoms with E-state index in [1.54, 1.807) is 18.2 Å². The largest absolute Gasteiger partial charge is 0.309 e. The molecule has 0 aliphatic carbocycles. The number of carbonyl (C=O) groups excluding carboxylic acids is 1. The number of carbonyl (C=O) groups is 1. The minimum Gasteiger partial charge on any atom is -0.309 e. The van der Waals surface area contributed by atoms with Crippen LogP contribution in [0.15, 0.2) is 30.3 Å². The van der Waals surface area contributed by atoms with E-state index in [0.29, 0.717) is 23.5 Å². The Bertz CT molecular complexity index is 664. The lowest BCUT2D eigenvalue weighted by Gasteiger charge is -2.13. The Balaban J connectivity index is 1.49. The first-order valence-corrected chi connectivity index (χ1v) is 8.04. The summed E-state index contributed by atoms with van der Waals surface area (Å²) in [6.45, 7) is 3.28. The number of nitrogens with one attached hydrogen (secondary N) is 2. The molecule has 3 rings (SSSR count). The molecule has 2 N–H and O–H groups in total. The van der Waals surface area contributed by atoms with Crippen LogP contribution < -0.4 is 5.32 Å². The first kappa shape index (κ1) is 15.7. The Hall–Kier alpha value is -2.21. The van der Waals surface area contributed by atoms with Gasteiger partial charge in [0, 0.05) is 18.1 Å². The van der Waals surface area contributed by atoms with Gasteiger partial charge >= 0.3 is 0 Å². The highest BCUT2D eigenvalue weighted by atomic mass is 19.1. The lowest BCUT2D eigenvalue weighted by Crippen LogP contribution is -2.22. The van der Waals surface area contributed by atoms with Crippen molar-refractivity contribution in [3.63, 3.8) is 0 Å². The number of nitrogens with zero attached hydrogens (tertiary/aromatic N) is 2. The van der Waals surface area contributed by atoms with Crippen LogP contribution in [0.1, 0.15) is 25.7 Å². The zero-order chi connectivity index (χ0) is 16.1. The molecular formula is C17H21FN4O. The summed E-state index contributed by atoms with van der Waals surface area (Å²) >= 11 is 0. The molecule has 1 aliphatic heterocycles. The third kappa shape index (κ3) is 4.39. The predicted molar refractivity (Wildman–Crippen MR) is 87.5 cm³/mol. The van der Waals surface area contributed by atoms with Crippen molar-refractivity contribution in [3.05, 3.63) is 36.1 Å². The van der Waals surface area contributed by atoms with Gasteiger partial charge in [0.1, 0.15) is 5.82 Å². The molecule has 0 bridgehead atoms. The zero-order valence-electron chi connectivity index (χ0n) is 13.0. The number of rotatable bonds is 6. The maximum Gasteiger partial charge on any atom is 0.225 e. The number of benzene rings is 1. The summed E-state index contributed by atoms with van der Waals surface area (Å²) in [4.78, 5) is 14.3. The number of aromatic nitrogens is 2. The molecule has 5 nitrogen and oxygen atoms in total. The van der Waals surface area contributed by atoms with Crippen molar-refractivity contribution in [1.29, 1.82) is 0 Å². The summed E-state index contributed by atoms with van der Waals surface area (Å²) in [7, 11) is 0. The number of anilines is 1. The Labute approximate surface area is 134 Å². The van der Waals surface area contributed by atoms with E-state index in [9.17, 15) is 9.18 Å². The maximum atomic E-state index is 13.2. The Morgan fingerprint density at radius 2 is 2.13 bits per heavy atom. The third-order valence-electron chi connectivity index (χ3n) is 4.06. The molecule has 2 heterocycles. The van der Waals surface area contributed by atoms with Crippen LogP contribution in [0.2, 0.25) is 0 Å². The van der Waals surface area contributed by atoms with E-state index < -0.39 is 0 Å². The molecule has 1 saturated heterocycles. The van der Waals surface area contributed by atoms with Crippen LogP contribution in [-0.2, 0) is 4.79 Å². The van der Waals surface area contributed by atoms with E-state index in [1.165, 1.54) is 25.0 Å². The van der Waals surface area contributed by atoms with Crippen molar-refractivity contribution < 1.29 is 9.18 Å². The highest BCUT2D eigenvalue weighted by Crippen LogP contribution is 2.20. The average molecular weight is 316 g/mol. The van der Waals surface area contributed by atoms with Gasteiger partial charge in [-0.15, -0.1) is 0 Å². The fourth-order valence-electron chi connectivity index (χ4n) is 2.86. The second kappa shape index (κ2) is 7.37. The summed E-state index contributed by atoms with van der Waals surface area (Å²) in [5, 5.41) is 9.65. The third-order valence-corrected chi connectivity index (χ3v) is 4.06. The zero-order valence-corrected chi connectivity index (χ0v) is 13.0. The van der Waals surface area contributed by atoms with Crippen LogP contribution >= 0.6 is 0 Å². The van der Waals surface area contributed by atoms with Gasteiger partial charge < -0.3 is 10.2 Å². The van der Waals surface area contributed by atoms with Gasteiger partial charge in [0.2, 0.25) is 5.91 Å². The standard InChI is InChI=1S/C17H21FN4O/c18-14-6-3-5-13(11-14)15-12-16(21-20-15)19-17(23)7-4-10-22-8-1-2-9-22/h3,5-6,11-12H,1-2,4,7-10H2,(H2,19,20,21,23). The van der Waals surface area contributed by atoms with Gasteiger partial charge in [0.15, 0.2) is 5.82 Å². The van der Waals surface area contributed by atoms with Crippen LogP contribution in [0.5, 0.6) is 0 Å². The van der Waals surface area contributed by atoms with Crippen LogP contribution in [0.3, 0.4) is 0 Å². The molecule has 1 fully saturated rings. The number of hydrogen-bond acceptors (Lipinski definition) is 3. The quantitative estimate of drug-likeness (QED) is 0.861. The van der Waals surface area contributed by atoms with Gasteiger partial charge in [-0.05, 0) is 51.0 Å². The van der Waals surface area contributed by atoms with Gasteiger partial charge in [-0.1, -0.05) is 12.1 Å². The van der Waals surface area contributed by atoms with Crippen molar-refractivity contribution in [2.24, 2.45) is 0 Å². The second-order valence-electron chi connectivity index (χ2n) is 5.88. The van der Waals surface area contributed by atoms with Gasteiger partial charge in [-0.3, -0.25) is 9.89 Å². The molecule has 0 radical (unpaired) electrons. The van der Waals surface area contributed by atoms with Crippen molar-refractivity contribution >= 4 is 11.7 Å². The van der Waals surface area contributed by atoms with Crippen LogP contribution in [0.25, 0.3) is 11.3 Å². The van der Waals surface area contributed by atoms with E-state index >= 15 is 0 Å². The average Bonchev–Trinajstić information content (AvgIpc) is 3.19. The Kier molecular flexibility index (Phi) is 5.02. The topological polar surface area (TPSA) is 61.0 Å². The van der Waals surface area contributed by atoms with Gasteiger partial charge in [0.25, 0.3) is 0 Å². The van der Waals surface area contributed by atoms with E-state index in [1.807, 2.05) is 0 Å². The smallest absolute Gasteiger partial charge is 0.225 e. The van der Waals surface area contributed by atoms with Crippen molar-refractivity contribution in [3.8, 4) is 11.3 Å². The van der Waals surface area contributed by atoms with Crippen LogP contribution in [0.4, 0.5) is 10.2 Å². The Morgan fingerprint density at radius 3 is 2.91 bits per heavy atom. The number of likely N-dealkylation sites (tertiary alicyclic amines) is 1. The normalized spacial score (nSPS) is 15.0. The molecule has 0 saturated carbocycles. The molecule has 1 aliphatic rings. The molecule has 0 unspecified atom stereocenters. The molecule has 0 spiro atoms. The fourth-order valence-corrected chi connectivity index (χ4v) is 2.86. The van der Waals surface area contributed by atoms with Crippen molar-refractivity contribution in [2.75, 3.05) is 25.0 Å². The molecule has 1 amide bonds. The van der Waals surface area contributed by atoms with Gasteiger partial charge in [0.05, 0.1) is 5.69 Å². The summed E-state index contributed by atoms with van der Waals surface area (Å²) in [6, 6.07) is 7.96. The lowest BCUT2D eigenvalue weighted by molar-refractivity contribution is -0.116. The molecule has 1 aromatic heterocycles. The van der Waals surface area contributed by atoms with Gasteiger partial charge in [-0.2, -0.15) is 5.10 Å². The number of aromatic amines is 1. The highest BCUT2D eigenvalue weighted by molar-refractivity contribution is 5.90. The highest BCUT2D eigenvalue weighted by Gasteiger charge is 2.12. The van der Waals surface area contributed by atoms with Crippen molar-refractivity contribution in [2.45, 2.75) is 25.7 Å². The molecule has 23 heavy (non-hydrogen) atoms. The monoisotopic (exact) mass is 316 g/mol. The minimum atomic E-state index is -0.301. The van der Waals surface area contributed by atoms with E-state index in [2.05, 4.69) is 20.4 Å². The van der Waals surface area contributed by atoms with E-state index in [4.69, 9.17) is 0 Å². The molecule has 6 heteroatoms. The molecule has 2 aromatic rings. The number of halogens is 1. The number of hydrogen-bond donors (Lipinski definition) is 2. The molecule has 1 aromatic carbocycles. The second-order valence-corrected chi connectivity index (χ2v) is 5.88. The fraction of sp³-hybridized carbons (Fsp3) is 0.412. The van der Waals surface area contributed by atoms with Crippen molar-refractivity contribution in [1.82, 2.24) is 15.1 Å². The first-order valence-electron chi connectivity index (χ1n) is 8.04. The molecule has 122 valence electrons. The van der Waals surface area contributed by atoms with Crippen LogP contribution in [0, 0.1) is 5.82 Å². The summed E-state index contributed by atoms with van der Waals surface area (Å²) in [5.74, 6) is 0.126. The number of amides is 1. The summed E-state index contributed by atoms with van der Waals surface area (Å²) in [5.41, 5.74) is 1.38. The summed E-state index contributed by atoms with van der Waals surface area (Å²) in [6.07, 6.45) is 3.87. The first-order chi connectivity index (χ1) is 11.2. The van der Waals surface area contributed by atoms with Gasteiger partial charge in [-0.25, -0.2) is 4.39 Å². The minimum absolute atomic E-state index is 0.0403. The predicted octanol–water partition coefficient (Wildman–Crippen LogP) is 3.03. The Morgan fingerprint density at radius 1 is 1.30 bits per heavy atom. The summed E-state index contributed by atoms with van der Waals surface area (Å²) < 4.78 is 13.2. The van der Waals surface area contributed by atoms with E-state index in [0.717, 1.165) is 26.1 Å². The molecular weight excluding hydrogens is 295 g/mol. The van der Waals surface area contributed by atoms with Crippen LogP contribution in [-0.4, -0.2) is 40.6 Å². The maximum absolute atomic E-state index is 13.2. The molecule has 0 atom stereocenters. The SMILES string of the molecule is O=C(CCCN1CCCC1)Nc1cc(-c2cccc(F)c2)[nH]n1. The number of H-pyrrole nitrogens is 1.